The van der Waals surface area contributed by atoms with Crippen molar-refractivity contribution in [3.8, 4) is 0 Å². The summed E-state index contributed by atoms with van der Waals surface area (Å²) in [7, 11) is 0. The molecule has 204 valence electrons. The molecular weight excluding hydrogens is 492 g/mol. The number of rotatable bonds is 8. The molecule has 3 nitrogen and oxygen atoms in total. The largest absolute Gasteiger partial charge is 0.416 e. The van der Waals surface area contributed by atoms with Crippen LogP contribution >= 0.6 is 0 Å². The Labute approximate surface area is 214 Å². The number of piperazine rings is 1. The molecule has 2 fully saturated rings. The van der Waals surface area contributed by atoms with Gasteiger partial charge in [0, 0.05) is 44.8 Å². The van der Waals surface area contributed by atoms with Gasteiger partial charge in [0.2, 0.25) is 0 Å². The third-order valence-corrected chi connectivity index (χ3v) is 7.64. The van der Waals surface area contributed by atoms with Crippen LogP contribution in [0.25, 0.3) is 0 Å². The topological polar surface area (TPSA) is 18.5 Å². The lowest BCUT2D eigenvalue weighted by atomic mass is 9.93. The highest BCUT2D eigenvalue weighted by Gasteiger charge is 2.37. The van der Waals surface area contributed by atoms with Crippen LogP contribution in [0.2, 0.25) is 0 Å². The number of hydrogen-bond donors (Lipinski definition) is 1. The van der Waals surface area contributed by atoms with Crippen LogP contribution in [-0.2, 0) is 18.8 Å². The summed E-state index contributed by atoms with van der Waals surface area (Å²) in [5.41, 5.74) is -1.36. The first-order valence-corrected chi connectivity index (χ1v) is 13.1. The zero-order valence-electron chi connectivity index (χ0n) is 20.9. The molecule has 1 atom stereocenters. The minimum absolute atomic E-state index is 0.0204. The molecule has 2 aromatic rings. The molecule has 1 N–H and O–H groups in total. The average molecular weight is 528 g/mol. The van der Waals surface area contributed by atoms with Crippen LogP contribution in [0, 0.1) is 0 Å². The van der Waals surface area contributed by atoms with E-state index in [1.165, 1.54) is 32.1 Å². The van der Waals surface area contributed by atoms with Gasteiger partial charge in [-0.05, 0) is 55.1 Å². The lowest BCUT2D eigenvalue weighted by molar-refractivity contribution is -0.143. The Morgan fingerprint density at radius 3 is 1.95 bits per heavy atom. The highest BCUT2D eigenvalue weighted by molar-refractivity contribution is 5.34. The number of hydrogen-bond acceptors (Lipinski definition) is 3. The third-order valence-electron chi connectivity index (χ3n) is 7.64. The second-order valence-corrected chi connectivity index (χ2v) is 10.2. The average Bonchev–Trinajstić information content (AvgIpc) is 2.89. The fourth-order valence-electron chi connectivity index (χ4n) is 5.63. The van der Waals surface area contributed by atoms with Crippen molar-refractivity contribution in [1.29, 1.82) is 0 Å². The normalized spacial score (nSPS) is 19.7. The number of nitrogens with zero attached hydrogens (tertiary/aromatic N) is 2. The molecule has 0 spiro atoms. The fraction of sp³-hybridized carbons (Fsp3) is 0.571. The van der Waals surface area contributed by atoms with Gasteiger partial charge in [0.1, 0.15) is 0 Å². The molecule has 1 aliphatic heterocycles. The maximum Gasteiger partial charge on any atom is 0.416 e. The van der Waals surface area contributed by atoms with E-state index in [1.807, 2.05) is 18.2 Å². The van der Waals surface area contributed by atoms with Crippen molar-refractivity contribution in [3.05, 3.63) is 70.8 Å². The first kappa shape index (κ1) is 27.9. The van der Waals surface area contributed by atoms with E-state index in [-0.39, 0.29) is 30.6 Å². The van der Waals surface area contributed by atoms with Gasteiger partial charge < -0.3 is 5.32 Å². The van der Waals surface area contributed by atoms with Crippen LogP contribution in [0.3, 0.4) is 0 Å². The molecule has 1 unspecified atom stereocenters. The summed E-state index contributed by atoms with van der Waals surface area (Å²) in [6.07, 6.45) is -3.11. The van der Waals surface area contributed by atoms with Gasteiger partial charge in [-0.3, -0.25) is 9.80 Å². The molecule has 0 aromatic heterocycles. The number of halogens is 6. The second kappa shape index (κ2) is 12.2. The standard InChI is InChI=1S/C28H35F6N3/c29-27(30,31)23-17-21(18-24(19-23)28(32,33)34)11-12-35-20-26(22-7-3-1-4-8-22)37-15-13-36(14-16-37)25-9-5-2-6-10-25/h1,3-4,7-8,17-19,25-26,35H,2,5-6,9-16,20H2. The van der Waals surface area contributed by atoms with Gasteiger partial charge in [-0.2, -0.15) is 26.3 Å². The Bertz CT molecular complexity index is 945. The first-order chi connectivity index (χ1) is 17.6. The van der Waals surface area contributed by atoms with Crippen LogP contribution in [0.1, 0.15) is 60.4 Å². The number of benzene rings is 2. The van der Waals surface area contributed by atoms with Crippen molar-refractivity contribution in [2.24, 2.45) is 0 Å². The molecule has 1 saturated heterocycles. The molecule has 2 aromatic carbocycles. The number of alkyl halides is 6. The van der Waals surface area contributed by atoms with E-state index >= 15 is 0 Å². The molecule has 0 amide bonds. The van der Waals surface area contributed by atoms with Gasteiger partial charge in [0.05, 0.1) is 11.1 Å². The highest BCUT2D eigenvalue weighted by atomic mass is 19.4. The summed E-state index contributed by atoms with van der Waals surface area (Å²) in [6, 6.07) is 12.6. The summed E-state index contributed by atoms with van der Waals surface area (Å²) in [4.78, 5) is 5.05. The molecule has 37 heavy (non-hydrogen) atoms. The van der Waals surface area contributed by atoms with Crippen LogP contribution < -0.4 is 5.32 Å². The summed E-state index contributed by atoms with van der Waals surface area (Å²) in [5.74, 6) is 0. The van der Waals surface area contributed by atoms with Gasteiger partial charge in [0.15, 0.2) is 0 Å². The zero-order chi connectivity index (χ0) is 26.5. The molecular formula is C28H35F6N3. The lowest BCUT2D eigenvalue weighted by Crippen LogP contribution is -2.52. The van der Waals surface area contributed by atoms with E-state index in [2.05, 4.69) is 27.2 Å². The highest BCUT2D eigenvalue weighted by Crippen LogP contribution is 2.36. The molecule has 2 aliphatic rings. The zero-order valence-corrected chi connectivity index (χ0v) is 20.9. The van der Waals surface area contributed by atoms with E-state index in [0.29, 0.717) is 12.6 Å². The van der Waals surface area contributed by atoms with Gasteiger partial charge in [-0.25, -0.2) is 0 Å². The van der Waals surface area contributed by atoms with Crippen molar-refractivity contribution in [3.63, 3.8) is 0 Å². The Morgan fingerprint density at radius 2 is 1.38 bits per heavy atom. The van der Waals surface area contributed by atoms with E-state index in [1.54, 1.807) is 0 Å². The van der Waals surface area contributed by atoms with Crippen molar-refractivity contribution in [2.45, 2.75) is 63.0 Å². The summed E-state index contributed by atoms with van der Waals surface area (Å²) >= 11 is 0. The van der Waals surface area contributed by atoms with Gasteiger partial charge >= 0.3 is 12.4 Å². The van der Waals surface area contributed by atoms with Crippen LogP contribution in [0.5, 0.6) is 0 Å². The maximum atomic E-state index is 13.2. The molecule has 0 radical (unpaired) electrons. The minimum Gasteiger partial charge on any atom is -0.314 e. The van der Waals surface area contributed by atoms with E-state index in [4.69, 9.17) is 0 Å². The Balaban J connectivity index is 1.37. The van der Waals surface area contributed by atoms with Crippen molar-refractivity contribution in [2.75, 3.05) is 39.3 Å². The van der Waals surface area contributed by atoms with Crippen molar-refractivity contribution < 1.29 is 26.3 Å². The lowest BCUT2D eigenvalue weighted by Gasteiger charge is -2.43. The Kier molecular flexibility index (Phi) is 9.19. The summed E-state index contributed by atoms with van der Waals surface area (Å²) in [6.45, 7) is 4.74. The van der Waals surface area contributed by atoms with Crippen LogP contribution in [0.15, 0.2) is 48.5 Å². The van der Waals surface area contributed by atoms with Crippen molar-refractivity contribution in [1.82, 2.24) is 15.1 Å². The number of nitrogens with one attached hydrogen (secondary N) is 1. The van der Waals surface area contributed by atoms with Crippen molar-refractivity contribution >= 4 is 0 Å². The SMILES string of the molecule is FC(F)(F)c1cc(CCNCC(c2ccccc2)N2CCN(C3CCCCC3)CC2)cc(C(F)(F)F)c1. The predicted molar refractivity (Wildman–Crippen MR) is 132 cm³/mol. The minimum atomic E-state index is -4.83. The van der Waals surface area contributed by atoms with E-state index < -0.39 is 23.5 Å². The van der Waals surface area contributed by atoms with E-state index in [9.17, 15) is 26.3 Å². The van der Waals surface area contributed by atoms with Gasteiger partial charge in [-0.15, -0.1) is 0 Å². The smallest absolute Gasteiger partial charge is 0.314 e. The molecule has 0 bridgehead atoms. The molecule has 4 rings (SSSR count). The second-order valence-electron chi connectivity index (χ2n) is 10.2. The molecule has 9 heteroatoms. The monoisotopic (exact) mass is 527 g/mol. The summed E-state index contributed by atoms with van der Waals surface area (Å²) in [5, 5.41) is 3.30. The Morgan fingerprint density at radius 1 is 0.784 bits per heavy atom. The quantitative estimate of drug-likeness (QED) is 0.310. The molecule has 1 saturated carbocycles. The van der Waals surface area contributed by atoms with Crippen LogP contribution in [0.4, 0.5) is 26.3 Å². The van der Waals surface area contributed by atoms with Gasteiger partial charge in [-0.1, -0.05) is 49.6 Å². The van der Waals surface area contributed by atoms with Crippen LogP contribution in [-0.4, -0.2) is 55.1 Å². The summed E-state index contributed by atoms with van der Waals surface area (Å²) < 4.78 is 79.1. The Hall–Kier alpha value is -2.10. The first-order valence-electron chi connectivity index (χ1n) is 13.1. The molecule has 1 aliphatic carbocycles. The molecule has 1 heterocycles. The van der Waals surface area contributed by atoms with E-state index in [0.717, 1.165) is 43.9 Å². The van der Waals surface area contributed by atoms with Gasteiger partial charge in [0.25, 0.3) is 0 Å². The fourth-order valence-corrected chi connectivity index (χ4v) is 5.63. The predicted octanol–water partition coefficient (Wildman–Crippen LogP) is 6.55. The maximum absolute atomic E-state index is 13.2. The third kappa shape index (κ3) is 7.71.